The zero-order valence-electron chi connectivity index (χ0n) is 16.6. The number of amides is 2. The summed E-state index contributed by atoms with van der Waals surface area (Å²) in [4.78, 5) is 38.6. The lowest BCUT2D eigenvalue weighted by Gasteiger charge is -2.23. The molecule has 0 unspecified atom stereocenters. The molecule has 0 saturated carbocycles. The zero-order valence-corrected chi connectivity index (χ0v) is 17.4. The van der Waals surface area contributed by atoms with Gasteiger partial charge in [0.25, 0.3) is 5.91 Å². The first-order valence-corrected chi connectivity index (χ1v) is 9.99. The van der Waals surface area contributed by atoms with Crippen LogP contribution in [0, 0.1) is 0 Å². The minimum atomic E-state index is -1.94. The molecule has 0 radical (unpaired) electrons. The van der Waals surface area contributed by atoms with Crippen LogP contribution in [0.1, 0.15) is 28.4 Å². The smallest absolute Gasteiger partial charge is 0.268 e. The first-order chi connectivity index (χ1) is 14.8. The number of hydrogen-bond donors (Lipinski definition) is 2. The number of benzene rings is 3. The molecule has 1 atom stereocenters. The SMILES string of the molecule is CC(=O)c1ccc(NC(=O)CN2C(=O)[C@](O)(c3cccc(Cl)c3)c3ccccc32)cc1. The third kappa shape index (κ3) is 3.71. The van der Waals surface area contributed by atoms with Gasteiger partial charge in [-0.3, -0.25) is 19.3 Å². The third-order valence-electron chi connectivity index (χ3n) is 5.26. The number of aliphatic hydroxyl groups is 1. The molecule has 31 heavy (non-hydrogen) atoms. The van der Waals surface area contributed by atoms with Crippen LogP contribution in [-0.4, -0.2) is 29.2 Å². The largest absolute Gasteiger partial charge is 0.372 e. The molecule has 1 heterocycles. The Balaban J connectivity index is 1.61. The molecule has 156 valence electrons. The number of carbonyl (C=O) groups excluding carboxylic acids is 3. The van der Waals surface area contributed by atoms with E-state index in [1.807, 2.05) is 0 Å². The van der Waals surface area contributed by atoms with E-state index < -0.39 is 17.4 Å². The molecule has 1 aliphatic rings. The van der Waals surface area contributed by atoms with E-state index in [2.05, 4.69) is 5.32 Å². The van der Waals surface area contributed by atoms with Gasteiger partial charge in [-0.1, -0.05) is 41.9 Å². The summed E-state index contributed by atoms with van der Waals surface area (Å²) in [5.74, 6) is -1.13. The van der Waals surface area contributed by atoms with E-state index in [4.69, 9.17) is 11.6 Å². The number of fused-ring (bicyclic) bond motifs is 1. The number of halogens is 1. The van der Waals surface area contributed by atoms with Crippen molar-refractivity contribution in [1.82, 2.24) is 0 Å². The molecule has 0 bridgehead atoms. The number of nitrogens with one attached hydrogen (secondary N) is 1. The fourth-order valence-electron chi connectivity index (χ4n) is 3.72. The topological polar surface area (TPSA) is 86.7 Å². The van der Waals surface area contributed by atoms with Crippen LogP contribution in [0.4, 0.5) is 11.4 Å². The van der Waals surface area contributed by atoms with E-state index in [1.54, 1.807) is 66.7 Å². The summed E-state index contributed by atoms with van der Waals surface area (Å²) in [7, 11) is 0. The van der Waals surface area contributed by atoms with Crippen LogP contribution in [0.3, 0.4) is 0 Å². The van der Waals surface area contributed by atoms with E-state index >= 15 is 0 Å². The monoisotopic (exact) mass is 434 g/mol. The third-order valence-corrected chi connectivity index (χ3v) is 5.49. The highest BCUT2D eigenvalue weighted by Gasteiger charge is 2.51. The molecule has 0 spiro atoms. The fraction of sp³-hybridized carbons (Fsp3) is 0.125. The highest BCUT2D eigenvalue weighted by molar-refractivity contribution is 6.30. The van der Waals surface area contributed by atoms with Crippen molar-refractivity contribution in [1.29, 1.82) is 0 Å². The van der Waals surface area contributed by atoms with Crippen LogP contribution in [0.2, 0.25) is 5.02 Å². The van der Waals surface area contributed by atoms with Crippen LogP contribution in [0.15, 0.2) is 72.8 Å². The maximum atomic E-state index is 13.3. The number of Topliss-reactive ketones (excluding diaryl/α,β-unsaturated/α-hetero) is 1. The first-order valence-electron chi connectivity index (χ1n) is 9.61. The first kappa shape index (κ1) is 20.8. The van der Waals surface area contributed by atoms with Crippen molar-refractivity contribution >= 4 is 40.6 Å². The highest BCUT2D eigenvalue weighted by Crippen LogP contribution is 2.44. The number of nitrogens with zero attached hydrogens (tertiary/aromatic N) is 1. The second kappa shape index (κ2) is 7.98. The van der Waals surface area contributed by atoms with Gasteiger partial charge >= 0.3 is 0 Å². The van der Waals surface area contributed by atoms with Crippen molar-refractivity contribution in [3.63, 3.8) is 0 Å². The Labute approximate surface area is 184 Å². The van der Waals surface area contributed by atoms with Crippen LogP contribution >= 0.6 is 11.6 Å². The molecule has 2 N–H and O–H groups in total. The molecule has 6 nitrogen and oxygen atoms in total. The van der Waals surface area contributed by atoms with Crippen LogP contribution in [-0.2, 0) is 15.2 Å². The Morgan fingerprint density at radius 2 is 1.74 bits per heavy atom. The number of ketones is 1. The molecular weight excluding hydrogens is 416 g/mol. The van der Waals surface area contributed by atoms with Gasteiger partial charge in [-0.25, -0.2) is 0 Å². The molecule has 3 aromatic carbocycles. The van der Waals surface area contributed by atoms with Crippen LogP contribution in [0.25, 0.3) is 0 Å². The van der Waals surface area contributed by atoms with E-state index in [1.165, 1.54) is 17.9 Å². The molecule has 2 amide bonds. The molecule has 1 aliphatic heterocycles. The standard InChI is InChI=1S/C24H19ClN2O4/c1-15(28)16-9-11-19(12-10-16)26-22(29)14-27-21-8-3-2-7-20(21)24(31,23(27)30)17-5-4-6-18(25)13-17/h2-13,31H,14H2,1H3,(H,26,29)/t24-/m0/s1. The highest BCUT2D eigenvalue weighted by atomic mass is 35.5. The van der Waals surface area contributed by atoms with Gasteiger partial charge in [0.2, 0.25) is 5.91 Å². The van der Waals surface area contributed by atoms with Crippen molar-refractivity contribution in [2.24, 2.45) is 0 Å². The maximum Gasteiger partial charge on any atom is 0.268 e. The van der Waals surface area contributed by atoms with Crippen molar-refractivity contribution in [2.45, 2.75) is 12.5 Å². The molecule has 0 fully saturated rings. The summed E-state index contributed by atoms with van der Waals surface area (Å²) < 4.78 is 0. The van der Waals surface area contributed by atoms with Gasteiger partial charge < -0.3 is 10.4 Å². The number of rotatable bonds is 5. The zero-order chi connectivity index (χ0) is 22.2. The molecule has 3 aromatic rings. The lowest BCUT2D eigenvalue weighted by atomic mass is 9.87. The summed E-state index contributed by atoms with van der Waals surface area (Å²) in [5, 5.41) is 14.6. The van der Waals surface area contributed by atoms with Crippen molar-refractivity contribution < 1.29 is 19.5 Å². The summed E-state index contributed by atoms with van der Waals surface area (Å²) in [6, 6.07) is 19.8. The van der Waals surface area contributed by atoms with Crippen molar-refractivity contribution in [3.05, 3.63) is 94.5 Å². The van der Waals surface area contributed by atoms with E-state index in [0.717, 1.165) is 0 Å². The van der Waals surface area contributed by atoms with E-state index in [0.29, 0.717) is 33.1 Å². The number of hydrogen-bond acceptors (Lipinski definition) is 4. The predicted octanol–water partition coefficient (Wildman–Crippen LogP) is 3.76. The predicted molar refractivity (Wildman–Crippen MR) is 118 cm³/mol. The minimum Gasteiger partial charge on any atom is -0.372 e. The molecule has 0 saturated heterocycles. The fourth-order valence-corrected chi connectivity index (χ4v) is 3.91. The molecule has 4 rings (SSSR count). The molecule has 0 aromatic heterocycles. The van der Waals surface area contributed by atoms with Crippen molar-refractivity contribution in [3.8, 4) is 0 Å². The van der Waals surface area contributed by atoms with Crippen LogP contribution < -0.4 is 10.2 Å². The lowest BCUT2D eigenvalue weighted by molar-refractivity contribution is -0.133. The Hall–Kier alpha value is -3.48. The Morgan fingerprint density at radius 3 is 2.42 bits per heavy atom. The average molecular weight is 435 g/mol. The van der Waals surface area contributed by atoms with Crippen molar-refractivity contribution in [2.75, 3.05) is 16.8 Å². The molecule has 0 aliphatic carbocycles. The minimum absolute atomic E-state index is 0.0718. The molecular formula is C24H19ClN2O4. The van der Waals surface area contributed by atoms with E-state index in [-0.39, 0.29) is 12.3 Å². The normalized spacial score (nSPS) is 17.4. The number of carbonyl (C=O) groups is 3. The van der Waals surface area contributed by atoms with Gasteiger partial charge in [-0.05, 0) is 55.0 Å². The van der Waals surface area contributed by atoms with Gasteiger partial charge in [0.05, 0.1) is 5.69 Å². The van der Waals surface area contributed by atoms with Gasteiger partial charge in [0.1, 0.15) is 6.54 Å². The summed E-state index contributed by atoms with van der Waals surface area (Å²) >= 11 is 6.08. The van der Waals surface area contributed by atoms with Gasteiger partial charge in [-0.15, -0.1) is 0 Å². The maximum absolute atomic E-state index is 13.3. The van der Waals surface area contributed by atoms with Gasteiger partial charge in [0.15, 0.2) is 11.4 Å². The second-order valence-electron chi connectivity index (χ2n) is 7.31. The summed E-state index contributed by atoms with van der Waals surface area (Å²) in [6.07, 6.45) is 0. The van der Waals surface area contributed by atoms with Gasteiger partial charge in [0, 0.05) is 21.8 Å². The second-order valence-corrected chi connectivity index (χ2v) is 7.75. The summed E-state index contributed by atoms with van der Waals surface area (Å²) in [6.45, 7) is 1.18. The quantitative estimate of drug-likeness (QED) is 0.598. The Kier molecular flexibility index (Phi) is 5.35. The van der Waals surface area contributed by atoms with Crippen LogP contribution in [0.5, 0.6) is 0 Å². The molecule has 7 heteroatoms. The Morgan fingerprint density at radius 1 is 1.03 bits per heavy atom. The Bertz CT molecular complexity index is 1190. The van der Waals surface area contributed by atoms with Gasteiger partial charge in [-0.2, -0.15) is 0 Å². The number of anilines is 2. The summed E-state index contributed by atoms with van der Waals surface area (Å²) in [5.41, 5.74) is 0.275. The number of para-hydroxylation sites is 1. The lowest BCUT2D eigenvalue weighted by Crippen LogP contribution is -2.44. The average Bonchev–Trinajstić information content (AvgIpc) is 2.97. The van der Waals surface area contributed by atoms with E-state index in [9.17, 15) is 19.5 Å².